The summed E-state index contributed by atoms with van der Waals surface area (Å²) in [5.74, 6) is 0.606. The van der Waals surface area contributed by atoms with E-state index in [1.165, 1.54) is 0 Å². The lowest BCUT2D eigenvalue weighted by molar-refractivity contribution is 0.0535. The second-order valence-corrected chi connectivity index (χ2v) is 4.76. The number of aromatic nitrogens is 1. The first-order valence-corrected chi connectivity index (χ1v) is 6.73. The Morgan fingerprint density at radius 3 is 2.75 bits per heavy atom. The van der Waals surface area contributed by atoms with Gasteiger partial charge in [-0.3, -0.25) is 4.79 Å². The van der Waals surface area contributed by atoms with Gasteiger partial charge in [0, 0.05) is 13.2 Å². The topological polar surface area (TPSA) is 58.6 Å². The zero-order valence-corrected chi connectivity index (χ0v) is 11.8. The fraction of sp³-hybridized carbons (Fsp3) is 0.400. The highest BCUT2D eigenvalue weighted by Crippen LogP contribution is 2.15. The highest BCUT2D eigenvalue weighted by Gasteiger charge is 2.25. The molecular formula is C15H20N2O3. The quantitative estimate of drug-likeness (QED) is 0.878. The van der Waals surface area contributed by atoms with E-state index in [-0.39, 0.29) is 18.6 Å². The number of hydrogen-bond donors (Lipinski definition) is 1. The molecule has 0 bridgehead atoms. The molecule has 20 heavy (non-hydrogen) atoms. The van der Waals surface area contributed by atoms with Gasteiger partial charge in [0.25, 0.3) is 5.91 Å². The van der Waals surface area contributed by atoms with Gasteiger partial charge in [-0.2, -0.15) is 0 Å². The Labute approximate surface area is 118 Å². The molecule has 5 heteroatoms. The van der Waals surface area contributed by atoms with Crippen molar-refractivity contribution in [3.63, 3.8) is 0 Å². The average molecular weight is 276 g/mol. The summed E-state index contributed by atoms with van der Waals surface area (Å²) in [5.41, 5.74) is 0.600. The molecule has 0 aliphatic heterocycles. The van der Waals surface area contributed by atoms with Crippen LogP contribution in [0.15, 0.2) is 41.1 Å². The second-order valence-electron chi connectivity index (χ2n) is 4.76. The van der Waals surface area contributed by atoms with E-state index in [2.05, 4.69) is 0 Å². The van der Waals surface area contributed by atoms with Crippen LogP contribution in [0.4, 0.5) is 0 Å². The maximum absolute atomic E-state index is 12.7. The number of carbonyl (C=O) groups is 1. The van der Waals surface area contributed by atoms with Crippen LogP contribution in [0, 0.1) is 0 Å². The van der Waals surface area contributed by atoms with Crippen molar-refractivity contribution in [2.75, 3.05) is 6.61 Å². The number of hydrogen-bond acceptors (Lipinski definition) is 3. The van der Waals surface area contributed by atoms with Gasteiger partial charge in [0.1, 0.15) is 11.5 Å². The van der Waals surface area contributed by atoms with E-state index in [0.29, 0.717) is 24.4 Å². The van der Waals surface area contributed by atoms with Gasteiger partial charge in [0.05, 0.1) is 25.5 Å². The number of amides is 1. The zero-order valence-electron chi connectivity index (χ0n) is 11.8. The van der Waals surface area contributed by atoms with Gasteiger partial charge in [0.15, 0.2) is 0 Å². The van der Waals surface area contributed by atoms with Crippen molar-refractivity contribution in [3.8, 4) is 0 Å². The molecule has 108 valence electrons. The molecule has 0 aliphatic rings. The third kappa shape index (κ3) is 2.93. The summed E-state index contributed by atoms with van der Waals surface area (Å²) in [6.45, 7) is 2.25. The summed E-state index contributed by atoms with van der Waals surface area (Å²) >= 11 is 0. The SMILES string of the molecule is CC[C@@H](CO)N(Cc1ccco1)C(=O)c1cccn1C. The van der Waals surface area contributed by atoms with Gasteiger partial charge in [-0.25, -0.2) is 0 Å². The smallest absolute Gasteiger partial charge is 0.271 e. The van der Waals surface area contributed by atoms with Crippen molar-refractivity contribution in [1.29, 1.82) is 0 Å². The van der Waals surface area contributed by atoms with Crippen molar-refractivity contribution < 1.29 is 14.3 Å². The van der Waals surface area contributed by atoms with Crippen molar-refractivity contribution in [3.05, 3.63) is 48.2 Å². The molecule has 2 heterocycles. The number of furan rings is 1. The molecule has 1 N–H and O–H groups in total. The third-order valence-electron chi connectivity index (χ3n) is 3.45. The van der Waals surface area contributed by atoms with E-state index in [1.54, 1.807) is 27.9 Å². The normalized spacial score (nSPS) is 12.3. The largest absolute Gasteiger partial charge is 0.467 e. The number of aliphatic hydroxyl groups is 1. The fourth-order valence-electron chi connectivity index (χ4n) is 2.22. The third-order valence-corrected chi connectivity index (χ3v) is 3.45. The summed E-state index contributed by atoms with van der Waals surface area (Å²) in [5, 5.41) is 9.51. The molecule has 1 atom stereocenters. The Morgan fingerprint density at radius 2 is 2.25 bits per heavy atom. The van der Waals surface area contributed by atoms with Gasteiger partial charge in [-0.1, -0.05) is 6.92 Å². The van der Waals surface area contributed by atoms with E-state index in [9.17, 15) is 9.90 Å². The molecule has 0 aliphatic carbocycles. The molecule has 1 amide bonds. The van der Waals surface area contributed by atoms with Crippen LogP contribution in [-0.4, -0.2) is 33.1 Å². The Hall–Kier alpha value is -2.01. The average Bonchev–Trinajstić information content (AvgIpc) is 3.09. The van der Waals surface area contributed by atoms with Gasteiger partial charge < -0.3 is 19.0 Å². The van der Waals surface area contributed by atoms with Crippen LogP contribution >= 0.6 is 0 Å². The molecule has 2 rings (SSSR count). The number of carbonyl (C=O) groups excluding carboxylic acids is 1. The lowest BCUT2D eigenvalue weighted by atomic mass is 10.1. The lowest BCUT2D eigenvalue weighted by Crippen LogP contribution is -2.42. The Balaban J connectivity index is 2.26. The molecule has 2 aromatic rings. The summed E-state index contributed by atoms with van der Waals surface area (Å²) in [4.78, 5) is 14.3. The molecule has 5 nitrogen and oxygen atoms in total. The van der Waals surface area contributed by atoms with E-state index in [1.807, 2.05) is 32.3 Å². The highest BCUT2D eigenvalue weighted by molar-refractivity contribution is 5.93. The molecule has 0 unspecified atom stereocenters. The predicted octanol–water partition coefficient (Wildman–Crippen LogP) is 2.03. The minimum atomic E-state index is -0.220. The number of nitrogens with zero attached hydrogens (tertiary/aromatic N) is 2. The molecule has 0 saturated heterocycles. The Kier molecular flexibility index (Phi) is 4.63. The van der Waals surface area contributed by atoms with Gasteiger partial charge in [-0.15, -0.1) is 0 Å². The summed E-state index contributed by atoms with van der Waals surface area (Å²) in [6.07, 6.45) is 4.10. The van der Waals surface area contributed by atoms with E-state index in [0.717, 1.165) is 0 Å². The molecule has 0 fully saturated rings. The molecule has 0 radical (unpaired) electrons. The van der Waals surface area contributed by atoms with Crippen LogP contribution in [0.3, 0.4) is 0 Å². The first kappa shape index (κ1) is 14.4. The number of aryl methyl sites for hydroxylation is 1. The predicted molar refractivity (Wildman–Crippen MR) is 75.2 cm³/mol. The van der Waals surface area contributed by atoms with Gasteiger partial charge in [0.2, 0.25) is 0 Å². The van der Waals surface area contributed by atoms with Crippen molar-refractivity contribution >= 4 is 5.91 Å². The van der Waals surface area contributed by atoms with Crippen molar-refractivity contribution in [2.45, 2.75) is 25.9 Å². The fourth-order valence-corrected chi connectivity index (χ4v) is 2.22. The maximum Gasteiger partial charge on any atom is 0.271 e. The molecule has 0 aromatic carbocycles. The molecule has 2 aromatic heterocycles. The molecule has 0 spiro atoms. The number of aliphatic hydroxyl groups excluding tert-OH is 1. The standard InChI is InChI=1S/C15H20N2O3/c1-3-12(11-18)17(10-13-6-5-9-20-13)15(19)14-7-4-8-16(14)2/h4-9,12,18H,3,10-11H2,1-2H3/t12-/m0/s1. The van der Waals surface area contributed by atoms with Crippen LogP contribution in [0.25, 0.3) is 0 Å². The van der Waals surface area contributed by atoms with E-state index < -0.39 is 0 Å². The minimum Gasteiger partial charge on any atom is -0.467 e. The Bertz CT molecular complexity index is 541. The van der Waals surface area contributed by atoms with Gasteiger partial charge >= 0.3 is 0 Å². The number of rotatable bonds is 6. The first-order valence-electron chi connectivity index (χ1n) is 6.73. The van der Waals surface area contributed by atoms with E-state index >= 15 is 0 Å². The van der Waals surface area contributed by atoms with Crippen LogP contribution in [0.5, 0.6) is 0 Å². The molecular weight excluding hydrogens is 256 g/mol. The summed E-state index contributed by atoms with van der Waals surface area (Å²) < 4.78 is 7.10. The summed E-state index contributed by atoms with van der Waals surface area (Å²) in [6, 6.07) is 7.01. The van der Waals surface area contributed by atoms with Crippen LogP contribution in [0.2, 0.25) is 0 Å². The van der Waals surface area contributed by atoms with Crippen molar-refractivity contribution in [2.24, 2.45) is 7.05 Å². The minimum absolute atomic E-state index is 0.0621. The Morgan fingerprint density at radius 1 is 1.45 bits per heavy atom. The van der Waals surface area contributed by atoms with Crippen LogP contribution < -0.4 is 0 Å². The van der Waals surface area contributed by atoms with Gasteiger partial charge in [-0.05, 0) is 30.7 Å². The first-order chi connectivity index (χ1) is 9.67. The zero-order chi connectivity index (χ0) is 14.5. The summed E-state index contributed by atoms with van der Waals surface area (Å²) in [7, 11) is 1.83. The lowest BCUT2D eigenvalue weighted by Gasteiger charge is -2.29. The second kappa shape index (κ2) is 6.43. The molecule has 0 saturated carbocycles. The van der Waals surface area contributed by atoms with Crippen molar-refractivity contribution in [1.82, 2.24) is 9.47 Å². The maximum atomic E-state index is 12.7. The highest BCUT2D eigenvalue weighted by atomic mass is 16.3. The monoisotopic (exact) mass is 276 g/mol. The van der Waals surface area contributed by atoms with Crippen LogP contribution in [-0.2, 0) is 13.6 Å². The van der Waals surface area contributed by atoms with E-state index in [4.69, 9.17) is 4.42 Å². The van der Waals surface area contributed by atoms with Crippen LogP contribution in [0.1, 0.15) is 29.6 Å².